The van der Waals surface area contributed by atoms with Gasteiger partial charge in [0.05, 0.1) is 0 Å². The largest absolute Gasteiger partial charge is 0.196 e. The minimum atomic E-state index is 0. The topological polar surface area (TPSA) is 0 Å². The Morgan fingerprint density at radius 2 is 1.09 bits per heavy atom. The molecule has 0 nitrogen and oxygen atoms in total. The maximum atomic E-state index is 2.20. The summed E-state index contributed by atoms with van der Waals surface area (Å²) in [6, 6.07) is 0. The maximum absolute atomic E-state index is 2.20. The van der Waals surface area contributed by atoms with Crippen molar-refractivity contribution < 1.29 is 26.2 Å². The summed E-state index contributed by atoms with van der Waals surface area (Å²) >= 11 is 0. The van der Waals surface area contributed by atoms with Crippen LogP contribution in [-0.4, -0.2) is 0 Å². The molecule has 1 aromatic rings. The van der Waals surface area contributed by atoms with Crippen molar-refractivity contribution in [3.63, 3.8) is 0 Å². The summed E-state index contributed by atoms with van der Waals surface area (Å²) in [7, 11) is 0. The fourth-order valence-corrected chi connectivity index (χ4v) is 1.41. The number of hydrogen-bond acceptors (Lipinski definition) is 0. The van der Waals surface area contributed by atoms with Gasteiger partial charge in [-0.25, -0.2) is 0 Å². The molecule has 0 heterocycles. The molecule has 0 amide bonds. The van der Waals surface area contributed by atoms with Gasteiger partial charge in [-0.3, -0.25) is 0 Å². The summed E-state index contributed by atoms with van der Waals surface area (Å²) < 4.78 is 0. The summed E-state index contributed by atoms with van der Waals surface area (Å²) in [5, 5.41) is 0. The predicted molar refractivity (Wildman–Crippen MR) is 45.7 cm³/mol. The molecule has 0 aliphatic carbocycles. The Bertz CT molecular complexity index is 176. The van der Waals surface area contributed by atoms with E-state index < -0.39 is 0 Å². The second-order valence-electron chi connectivity index (χ2n) is 3.12. The molecule has 0 radical (unpaired) electrons. The molecule has 0 bridgehead atoms. The van der Waals surface area contributed by atoms with Gasteiger partial charge in [0.25, 0.3) is 0 Å². The third-order valence-electron chi connectivity index (χ3n) is 2.81. The van der Waals surface area contributed by atoms with E-state index >= 15 is 0 Å². The standard InChI is InChI=1S/C10H15.Zr/c1-6-7(2)9(4)10(5)8(6)3;/h1-5H3;/q-1;. The van der Waals surface area contributed by atoms with Crippen LogP contribution in [0.2, 0.25) is 0 Å². The van der Waals surface area contributed by atoms with Crippen LogP contribution in [0.1, 0.15) is 27.8 Å². The van der Waals surface area contributed by atoms with E-state index in [1.165, 1.54) is 27.8 Å². The molecule has 11 heavy (non-hydrogen) atoms. The summed E-state index contributed by atoms with van der Waals surface area (Å²) in [6.45, 7) is 11.0. The third kappa shape index (κ3) is 1.69. The van der Waals surface area contributed by atoms with Crippen molar-refractivity contribution in [1.29, 1.82) is 0 Å². The Hall–Kier alpha value is 0.233. The summed E-state index contributed by atoms with van der Waals surface area (Å²) in [4.78, 5) is 0. The molecule has 0 fully saturated rings. The van der Waals surface area contributed by atoms with E-state index in [0.29, 0.717) is 0 Å². The molecular formula is C10H15Zr-. The van der Waals surface area contributed by atoms with Gasteiger partial charge >= 0.3 is 0 Å². The van der Waals surface area contributed by atoms with Crippen molar-refractivity contribution in [3.05, 3.63) is 27.8 Å². The van der Waals surface area contributed by atoms with Crippen LogP contribution < -0.4 is 0 Å². The number of hydrogen-bond donors (Lipinski definition) is 0. The molecule has 0 saturated heterocycles. The zero-order valence-electron chi connectivity index (χ0n) is 8.00. The Morgan fingerprint density at radius 1 is 0.818 bits per heavy atom. The van der Waals surface area contributed by atoms with Gasteiger partial charge in [-0.2, -0.15) is 27.8 Å². The fraction of sp³-hybridized carbons (Fsp3) is 0.500. The first-order chi connectivity index (χ1) is 4.55. The van der Waals surface area contributed by atoms with Crippen LogP contribution in [0.25, 0.3) is 0 Å². The molecule has 1 heteroatoms. The molecule has 0 atom stereocenters. The Labute approximate surface area is 88.5 Å². The molecule has 0 aromatic heterocycles. The van der Waals surface area contributed by atoms with Crippen LogP contribution in [-0.2, 0) is 26.2 Å². The number of rotatable bonds is 0. The van der Waals surface area contributed by atoms with Gasteiger partial charge in [-0.05, 0) is 0 Å². The molecule has 1 rings (SSSR count). The SMILES string of the molecule is Cc1c(C)c(C)[c-](C)c1C.[Zr]. The molecule has 0 aliphatic heterocycles. The minimum absolute atomic E-state index is 0. The van der Waals surface area contributed by atoms with E-state index in [-0.39, 0.29) is 26.2 Å². The molecule has 1 aromatic carbocycles. The second kappa shape index (κ2) is 3.76. The van der Waals surface area contributed by atoms with Gasteiger partial charge in [0.2, 0.25) is 0 Å². The normalized spacial score (nSPS) is 9.55. The van der Waals surface area contributed by atoms with Gasteiger partial charge in [-0.15, -0.1) is 0 Å². The van der Waals surface area contributed by atoms with Crippen LogP contribution >= 0.6 is 0 Å². The van der Waals surface area contributed by atoms with Gasteiger partial charge < -0.3 is 0 Å². The quantitative estimate of drug-likeness (QED) is 0.597. The summed E-state index contributed by atoms with van der Waals surface area (Å²) in [5.74, 6) is 0. The monoisotopic (exact) mass is 225 g/mol. The van der Waals surface area contributed by atoms with Crippen LogP contribution in [0.5, 0.6) is 0 Å². The van der Waals surface area contributed by atoms with E-state index in [0.717, 1.165) is 0 Å². The Kier molecular flexibility index (Phi) is 3.84. The first-order valence-corrected chi connectivity index (χ1v) is 3.75. The van der Waals surface area contributed by atoms with E-state index in [9.17, 15) is 0 Å². The Morgan fingerprint density at radius 3 is 1.18 bits per heavy atom. The second-order valence-corrected chi connectivity index (χ2v) is 3.12. The zero-order valence-corrected chi connectivity index (χ0v) is 10.5. The molecule has 0 unspecified atom stereocenters. The first-order valence-electron chi connectivity index (χ1n) is 3.75. The van der Waals surface area contributed by atoms with Crippen molar-refractivity contribution in [2.45, 2.75) is 34.6 Å². The van der Waals surface area contributed by atoms with Gasteiger partial charge in [-0.1, -0.05) is 34.6 Å². The Balaban J connectivity index is 0.000001000. The first kappa shape index (κ1) is 11.2. The molecule has 0 N–H and O–H groups in total. The predicted octanol–water partition coefficient (Wildman–Crippen LogP) is 2.95. The van der Waals surface area contributed by atoms with Crippen molar-refractivity contribution in [2.75, 3.05) is 0 Å². The summed E-state index contributed by atoms with van der Waals surface area (Å²) in [6.07, 6.45) is 0. The zero-order chi connectivity index (χ0) is 7.89. The molecule has 0 aliphatic rings. The van der Waals surface area contributed by atoms with E-state index in [1.54, 1.807) is 0 Å². The van der Waals surface area contributed by atoms with Gasteiger partial charge in [0, 0.05) is 26.2 Å². The van der Waals surface area contributed by atoms with Crippen LogP contribution in [0.3, 0.4) is 0 Å². The van der Waals surface area contributed by atoms with Crippen LogP contribution in [0, 0.1) is 34.6 Å². The van der Waals surface area contributed by atoms with Crippen LogP contribution in [0.15, 0.2) is 0 Å². The van der Waals surface area contributed by atoms with E-state index in [2.05, 4.69) is 34.6 Å². The van der Waals surface area contributed by atoms with Crippen molar-refractivity contribution in [2.24, 2.45) is 0 Å². The molecule has 0 saturated carbocycles. The fourth-order valence-electron chi connectivity index (χ4n) is 1.41. The average Bonchev–Trinajstić information content (AvgIpc) is 2.07. The van der Waals surface area contributed by atoms with E-state index in [4.69, 9.17) is 0 Å². The average molecular weight is 226 g/mol. The maximum Gasteiger partial charge on any atom is 0 e. The van der Waals surface area contributed by atoms with Crippen molar-refractivity contribution in [1.82, 2.24) is 0 Å². The van der Waals surface area contributed by atoms with E-state index in [1.807, 2.05) is 0 Å². The van der Waals surface area contributed by atoms with Crippen molar-refractivity contribution >= 4 is 0 Å². The summed E-state index contributed by atoms with van der Waals surface area (Å²) in [5.41, 5.74) is 7.34. The van der Waals surface area contributed by atoms with Crippen LogP contribution in [0.4, 0.5) is 0 Å². The van der Waals surface area contributed by atoms with Gasteiger partial charge in [0.1, 0.15) is 0 Å². The van der Waals surface area contributed by atoms with Crippen molar-refractivity contribution in [3.8, 4) is 0 Å². The third-order valence-corrected chi connectivity index (χ3v) is 2.81. The van der Waals surface area contributed by atoms with Gasteiger partial charge in [0.15, 0.2) is 0 Å². The minimum Gasteiger partial charge on any atom is -0.196 e. The smallest absolute Gasteiger partial charge is 0 e. The molecule has 60 valence electrons. The molecular weight excluding hydrogens is 211 g/mol. The molecule has 0 spiro atoms.